The Bertz CT molecular complexity index is 340. The predicted molar refractivity (Wildman–Crippen MR) is 57.2 cm³/mol. The van der Waals surface area contributed by atoms with Crippen molar-refractivity contribution in [1.29, 1.82) is 0 Å². The maximum absolute atomic E-state index is 10.9. The van der Waals surface area contributed by atoms with E-state index in [-0.39, 0.29) is 10.8 Å². The summed E-state index contributed by atoms with van der Waals surface area (Å²) < 4.78 is -0.699. The Hall–Kier alpha value is 0.01000. The van der Waals surface area contributed by atoms with Gasteiger partial charge in [0.15, 0.2) is 0 Å². The Morgan fingerprint density at radius 1 is 1.33 bits per heavy atom. The number of hydrogen-bond donors (Lipinski definition) is 2. The molecule has 0 bridgehead atoms. The fourth-order valence-electron chi connectivity index (χ4n) is 3.63. The standard InChI is InChI=1S/C10H13Cl2NO2/c11-10(12)8(2-1-3-8)9(10)4-6(7(14)15)13-5-9/h6,13H,1-5H2,(H,14,15)/t6-,9+/m0/s1. The first kappa shape index (κ1) is 10.2. The Balaban J connectivity index is 1.87. The van der Waals surface area contributed by atoms with Gasteiger partial charge in [-0.05, 0) is 19.3 Å². The minimum atomic E-state index is -0.794. The molecule has 2 aliphatic carbocycles. The molecule has 3 rings (SSSR count). The molecule has 1 saturated heterocycles. The van der Waals surface area contributed by atoms with Crippen molar-refractivity contribution in [2.45, 2.75) is 36.1 Å². The second-order valence-corrected chi connectivity index (χ2v) is 6.40. The molecule has 2 atom stereocenters. The lowest BCUT2D eigenvalue weighted by Gasteiger charge is -2.30. The van der Waals surface area contributed by atoms with Crippen LogP contribution in [0, 0.1) is 10.8 Å². The van der Waals surface area contributed by atoms with Crippen molar-refractivity contribution in [2.24, 2.45) is 10.8 Å². The van der Waals surface area contributed by atoms with Crippen LogP contribution in [0.1, 0.15) is 25.7 Å². The van der Waals surface area contributed by atoms with Gasteiger partial charge in [-0.25, -0.2) is 0 Å². The van der Waals surface area contributed by atoms with Crippen molar-refractivity contribution in [2.75, 3.05) is 6.54 Å². The molecule has 15 heavy (non-hydrogen) atoms. The van der Waals surface area contributed by atoms with Crippen LogP contribution in [0.2, 0.25) is 0 Å². The minimum Gasteiger partial charge on any atom is -0.480 e. The first-order valence-corrected chi connectivity index (χ1v) is 6.06. The number of fused-ring (bicyclic) bond motifs is 1. The van der Waals surface area contributed by atoms with Crippen molar-refractivity contribution in [3.8, 4) is 0 Å². The third kappa shape index (κ3) is 0.877. The van der Waals surface area contributed by atoms with Gasteiger partial charge in [-0.1, -0.05) is 6.42 Å². The molecule has 0 unspecified atom stereocenters. The first-order valence-electron chi connectivity index (χ1n) is 5.31. The van der Waals surface area contributed by atoms with E-state index < -0.39 is 16.3 Å². The van der Waals surface area contributed by atoms with Crippen LogP contribution in [-0.2, 0) is 4.79 Å². The Morgan fingerprint density at radius 2 is 2.00 bits per heavy atom. The number of aliphatic carboxylic acids is 1. The number of rotatable bonds is 1. The highest BCUT2D eigenvalue weighted by Gasteiger charge is 2.88. The number of carboxylic acids is 1. The monoisotopic (exact) mass is 249 g/mol. The van der Waals surface area contributed by atoms with Crippen molar-refractivity contribution in [3.05, 3.63) is 0 Å². The smallest absolute Gasteiger partial charge is 0.320 e. The van der Waals surface area contributed by atoms with Gasteiger partial charge in [-0.2, -0.15) is 0 Å². The molecule has 1 heterocycles. The SMILES string of the molecule is O=C(O)[C@@H]1C[C@]2(CN1)C(Cl)(Cl)C21CCC1. The first-order chi connectivity index (χ1) is 6.97. The molecule has 0 aromatic carbocycles. The summed E-state index contributed by atoms with van der Waals surface area (Å²) in [5.74, 6) is -0.794. The second-order valence-electron chi connectivity index (χ2n) is 5.07. The highest BCUT2D eigenvalue weighted by molar-refractivity contribution is 6.52. The second kappa shape index (κ2) is 2.63. The van der Waals surface area contributed by atoms with Crippen molar-refractivity contribution >= 4 is 29.2 Å². The lowest BCUT2D eigenvalue weighted by Crippen LogP contribution is -2.30. The molecular weight excluding hydrogens is 237 g/mol. The lowest BCUT2D eigenvalue weighted by atomic mass is 9.74. The Morgan fingerprint density at radius 3 is 2.33 bits per heavy atom. The zero-order valence-corrected chi connectivity index (χ0v) is 9.74. The van der Waals surface area contributed by atoms with E-state index in [9.17, 15) is 4.79 Å². The van der Waals surface area contributed by atoms with Crippen LogP contribution in [0.25, 0.3) is 0 Å². The van der Waals surface area contributed by atoms with Gasteiger partial charge in [0.25, 0.3) is 0 Å². The molecule has 0 aromatic heterocycles. The summed E-state index contributed by atoms with van der Waals surface area (Å²) >= 11 is 12.7. The molecule has 1 aliphatic heterocycles. The summed E-state index contributed by atoms with van der Waals surface area (Å²) in [5, 5.41) is 12.0. The van der Waals surface area contributed by atoms with Crippen LogP contribution in [0.15, 0.2) is 0 Å². The number of hydrogen-bond acceptors (Lipinski definition) is 2. The summed E-state index contributed by atoms with van der Waals surface area (Å²) in [6, 6.07) is -0.471. The van der Waals surface area contributed by atoms with Gasteiger partial charge < -0.3 is 10.4 Å². The fraction of sp³-hybridized carbons (Fsp3) is 0.900. The van der Waals surface area contributed by atoms with E-state index in [2.05, 4.69) is 5.32 Å². The number of nitrogens with one attached hydrogen (secondary N) is 1. The maximum Gasteiger partial charge on any atom is 0.320 e. The summed E-state index contributed by atoms with van der Waals surface area (Å²) in [4.78, 5) is 10.9. The van der Waals surface area contributed by atoms with Crippen LogP contribution in [0.3, 0.4) is 0 Å². The van der Waals surface area contributed by atoms with Crippen LogP contribution in [0.4, 0.5) is 0 Å². The Labute approximate surface area is 98.1 Å². The molecule has 5 heteroatoms. The van der Waals surface area contributed by atoms with Crippen molar-refractivity contribution in [1.82, 2.24) is 5.32 Å². The minimum absolute atomic E-state index is 0.0142. The number of carboxylic acid groups (broad SMARTS) is 1. The molecule has 2 spiro atoms. The third-order valence-electron chi connectivity index (χ3n) is 4.76. The van der Waals surface area contributed by atoms with Gasteiger partial charge in [0.2, 0.25) is 0 Å². The van der Waals surface area contributed by atoms with Gasteiger partial charge in [0.05, 0.1) is 0 Å². The van der Waals surface area contributed by atoms with Crippen LogP contribution in [0.5, 0.6) is 0 Å². The summed E-state index contributed by atoms with van der Waals surface area (Å²) in [6.07, 6.45) is 3.85. The summed E-state index contributed by atoms with van der Waals surface area (Å²) in [5.41, 5.74) is -0.162. The highest BCUT2D eigenvalue weighted by atomic mass is 35.5. The fourth-order valence-corrected chi connectivity index (χ4v) is 4.93. The lowest BCUT2D eigenvalue weighted by molar-refractivity contribution is -0.139. The normalized spacial score (nSPS) is 44.3. The topological polar surface area (TPSA) is 49.3 Å². The van der Waals surface area contributed by atoms with Crippen LogP contribution >= 0.6 is 23.2 Å². The van der Waals surface area contributed by atoms with E-state index in [1.807, 2.05) is 0 Å². The largest absolute Gasteiger partial charge is 0.480 e. The molecule has 2 saturated carbocycles. The molecule has 0 amide bonds. The van der Waals surface area contributed by atoms with E-state index in [1.54, 1.807) is 0 Å². The number of alkyl halides is 2. The van der Waals surface area contributed by atoms with E-state index in [1.165, 1.54) is 6.42 Å². The molecule has 0 radical (unpaired) electrons. The number of halogens is 2. The molecule has 0 aromatic rings. The van der Waals surface area contributed by atoms with E-state index in [0.717, 1.165) is 12.8 Å². The van der Waals surface area contributed by atoms with Crippen LogP contribution in [-0.4, -0.2) is 28.0 Å². The van der Waals surface area contributed by atoms with E-state index in [0.29, 0.717) is 13.0 Å². The average molecular weight is 250 g/mol. The molecular formula is C10H13Cl2NO2. The molecule has 84 valence electrons. The summed E-state index contributed by atoms with van der Waals surface area (Å²) in [7, 11) is 0. The van der Waals surface area contributed by atoms with Gasteiger partial charge in [-0.3, -0.25) is 4.79 Å². The highest BCUT2D eigenvalue weighted by Crippen LogP contribution is 2.87. The zero-order valence-electron chi connectivity index (χ0n) is 8.22. The average Bonchev–Trinajstić information content (AvgIpc) is 2.43. The Kier molecular flexibility index (Phi) is 1.79. The molecule has 3 fully saturated rings. The maximum atomic E-state index is 10.9. The third-order valence-corrected chi connectivity index (χ3v) is 6.21. The van der Waals surface area contributed by atoms with Gasteiger partial charge in [0.1, 0.15) is 10.4 Å². The van der Waals surface area contributed by atoms with Gasteiger partial charge in [-0.15, -0.1) is 23.2 Å². The zero-order chi connectivity index (χ0) is 10.9. The van der Waals surface area contributed by atoms with E-state index in [4.69, 9.17) is 28.3 Å². The molecule has 3 nitrogen and oxygen atoms in total. The van der Waals surface area contributed by atoms with Crippen molar-refractivity contribution < 1.29 is 9.90 Å². The van der Waals surface area contributed by atoms with Gasteiger partial charge >= 0.3 is 5.97 Å². The quantitative estimate of drug-likeness (QED) is 0.697. The molecule has 2 N–H and O–H groups in total. The van der Waals surface area contributed by atoms with Gasteiger partial charge in [0, 0.05) is 17.4 Å². The summed E-state index contributed by atoms with van der Waals surface area (Å²) in [6.45, 7) is 0.650. The number of carbonyl (C=O) groups is 1. The van der Waals surface area contributed by atoms with E-state index >= 15 is 0 Å². The molecule has 3 aliphatic rings. The predicted octanol–water partition coefficient (Wildman–Crippen LogP) is 1.78. The van der Waals surface area contributed by atoms with Crippen LogP contribution < -0.4 is 5.32 Å². The van der Waals surface area contributed by atoms with Crippen molar-refractivity contribution in [3.63, 3.8) is 0 Å².